The first-order chi connectivity index (χ1) is 6.61. The summed E-state index contributed by atoms with van der Waals surface area (Å²) in [7, 11) is 0. The van der Waals surface area contributed by atoms with Crippen molar-refractivity contribution in [1.82, 2.24) is 0 Å². The highest BCUT2D eigenvalue weighted by Crippen LogP contribution is 2.25. The first-order valence-corrected chi connectivity index (χ1v) is 4.50. The van der Waals surface area contributed by atoms with Crippen molar-refractivity contribution < 1.29 is 0 Å². The van der Waals surface area contributed by atoms with Crippen LogP contribution in [0.1, 0.15) is 22.3 Å². The van der Waals surface area contributed by atoms with Gasteiger partial charge in [0.1, 0.15) is 0 Å². The molecule has 0 spiro atoms. The Balaban J connectivity index is 3.52. The maximum atomic E-state index is 5.36. The fourth-order valence-electron chi connectivity index (χ4n) is 1.48. The van der Waals surface area contributed by atoms with Crippen LogP contribution in [0.15, 0.2) is 25.3 Å². The lowest BCUT2D eigenvalue weighted by atomic mass is 9.93. The lowest BCUT2D eigenvalue weighted by Gasteiger charge is -2.11. The second-order valence-corrected chi connectivity index (χ2v) is 3.30. The number of terminal acetylenes is 1. The third kappa shape index (κ3) is 1.63. The Hall–Kier alpha value is -1.74. The van der Waals surface area contributed by atoms with Crippen LogP contribution in [0.5, 0.6) is 0 Å². The van der Waals surface area contributed by atoms with E-state index in [1.807, 2.05) is 12.1 Å². The second-order valence-electron chi connectivity index (χ2n) is 3.30. The summed E-state index contributed by atoms with van der Waals surface area (Å²) in [6.45, 7) is 11.8. The van der Waals surface area contributed by atoms with Gasteiger partial charge in [-0.3, -0.25) is 0 Å². The highest BCUT2D eigenvalue weighted by atomic mass is 14.1. The molecule has 1 aromatic carbocycles. The highest BCUT2D eigenvalue weighted by Gasteiger charge is 2.07. The van der Waals surface area contributed by atoms with Crippen LogP contribution in [0, 0.1) is 26.2 Å². The SMILES string of the molecule is C#CC(=C)c1c(C=C)ccc(C)c1C. The molecular formula is C14H14. The van der Waals surface area contributed by atoms with Gasteiger partial charge in [-0.25, -0.2) is 0 Å². The summed E-state index contributed by atoms with van der Waals surface area (Å²) >= 11 is 0. The minimum atomic E-state index is 0.723. The third-order valence-electron chi connectivity index (χ3n) is 2.46. The molecule has 0 aliphatic rings. The molecule has 0 aliphatic heterocycles. The van der Waals surface area contributed by atoms with Crippen molar-refractivity contribution in [1.29, 1.82) is 0 Å². The van der Waals surface area contributed by atoms with Crippen molar-refractivity contribution in [2.45, 2.75) is 13.8 Å². The lowest BCUT2D eigenvalue weighted by Crippen LogP contribution is -1.93. The Labute approximate surface area is 86.0 Å². The summed E-state index contributed by atoms with van der Waals surface area (Å²) in [5.74, 6) is 2.58. The van der Waals surface area contributed by atoms with Crippen molar-refractivity contribution in [2.75, 3.05) is 0 Å². The summed E-state index contributed by atoms with van der Waals surface area (Å²) in [5, 5.41) is 0. The molecule has 0 fully saturated rings. The number of hydrogen-bond donors (Lipinski definition) is 0. The standard InChI is InChI=1S/C14H14/c1-6-10(3)14-12(5)11(4)8-9-13(14)7-2/h1,7-9H,2-3H2,4-5H3. The first-order valence-electron chi connectivity index (χ1n) is 4.50. The van der Waals surface area contributed by atoms with E-state index in [-0.39, 0.29) is 0 Å². The van der Waals surface area contributed by atoms with Gasteiger partial charge in [-0.1, -0.05) is 37.3 Å². The van der Waals surface area contributed by atoms with E-state index in [2.05, 4.69) is 39.0 Å². The molecule has 0 saturated heterocycles. The van der Waals surface area contributed by atoms with Crippen LogP contribution in [0.2, 0.25) is 0 Å². The van der Waals surface area contributed by atoms with Crippen molar-refractivity contribution in [3.8, 4) is 12.3 Å². The molecule has 0 radical (unpaired) electrons. The van der Waals surface area contributed by atoms with Crippen LogP contribution in [-0.2, 0) is 0 Å². The molecule has 0 unspecified atom stereocenters. The molecule has 0 saturated carbocycles. The largest absolute Gasteiger partial charge is 0.115 e. The zero-order valence-electron chi connectivity index (χ0n) is 8.72. The molecule has 0 heteroatoms. The van der Waals surface area contributed by atoms with E-state index in [0.29, 0.717) is 0 Å². The Bertz CT molecular complexity index is 428. The fraction of sp³-hybridized carbons (Fsp3) is 0.143. The monoisotopic (exact) mass is 182 g/mol. The predicted molar refractivity (Wildman–Crippen MR) is 63.9 cm³/mol. The minimum absolute atomic E-state index is 0.723. The van der Waals surface area contributed by atoms with Gasteiger partial charge < -0.3 is 0 Å². The van der Waals surface area contributed by atoms with Crippen LogP contribution >= 0.6 is 0 Å². The van der Waals surface area contributed by atoms with E-state index in [1.165, 1.54) is 11.1 Å². The quantitative estimate of drug-likeness (QED) is 0.613. The van der Waals surface area contributed by atoms with E-state index in [9.17, 15) is 0 Å². The molecule has 14 heavy (non-hydrogen) atoms. The Morgan fingerprint density at radius 3 is 2.57 bits per heavy atom. The van der Waals surface area contributed by atoms with E-state index in [0.717, 1.165) is 16.7 Å². The molecule has 0 heterocycles. The molecule has 0 N–H and O–H groups in total. The Morgan fingerprint density at radius 2 is 2.07 bits per heavy atom. The van der Waals surface area contributed by atoms with E-state index in [4.69, 9.17) is 6.42 Å². The molecule has 0 bridgehead atoms. The van der Waals surface area contributed by atoms with Crippen LogP contribution in [0.4, 0.5) is 0 Å². The Kier molecular flexibility index (Phi) is 2.94. The van der Waals surface area contributed by atoms with Crippen LogP contribution in [0.25, 0.3) is 11.6 Å². The van der Waals surface area contributed by atoms with Gasteiger partial charge in [0, 0.05) is 5.57 Å². The Morgan fingerprint density at radius 1 is 1.43 bits per heavy atom. The van der Waals surface area contributed by atoms with Gasteiger partial charge in [-0.15, -0.1) is 6.42 Å². The summed E-state index contributed by atoms with van der Waals surface area (Å²) in [6.07, 6.45) is 7.17. The van der Waals surface area contributed by atoms with Crippen LogP contribution < -0.4 is 0 Å². The maximum absolute atomic E-state index is 5.36. The molecular weight excluding hydrogens is 168 g/mol. The third-order valence-corrected chi connectivity index (χ3v) is 2.46. The average molecular weight is 182 g/mol. The van der Waals surface area contributed by atoms with E-state index in [1.54, 1.807) is 0 Å². The molecule has 0 aliphatic carbocycles. The topological polar surface area (TPSA) is 0 Å². The predicted octanol–water partition coefficient (Wildman–Crippen LogP) is 3.59. The van der Waals surface area contributed by atoms with Gasteiger partial charge in [-0.05, 0) is 36.1 Å². The molecule has 0 amide bonds. The summed E-state index contributed by atoms with van der Waals surface area (Å²) in [5.41, 5.74) is 5.23. The molecule has 1 aromatic rings. The molecule has 0 aromatic heterocycles. The fourth-order valence-corrected chi connectivity index (χ4v) is 1.48. The minimum Gasteiger partial charge on any atom is -0.115 e. The van der Waals surface area contributed by atoms with Gasteiger partial charge in [0.05, 0.1) is 0 Å². The van der Waals surface area contributed by atoms with Crippen molar-refractivity contribution in [3.05, 3.63) is 47.5 Å². The summed E-state index contributed by atoms with van der Waals surface area (Å²) < 4.78 is 0. The van der Waals surface area contributed by atoms with Gasteiger partial charge in [0.2, 0.25) is 0 Å². The van der Waals surface area contributed by atoms with Crippen LogP contribution in [0.3, 0.4) is 0 Å². The second kappa shape index (κ2) is 3.98. The number of hydrogen-bond acceptors (Lipinski definition) is 0. The molecule has 0 nitrogen and oxygen atoms in total. The molecule has 70 valence electrons. The summed E-state index contributed by atoms with van der Waals surface area (Å²) in [6, 6.07) is 4.09. The molecule has 0 atom stereocenters. The van der Waals surface area contributed by atoms with Crippen molar-refractivity contribution >= 4 is 11.6 Å². The highest BCUT2D eigenvalue weighted by molar-refractivity contribution is 5.83. The van der Waals surface area contributed by atoms with Gasteiger partial charge in [-0.2, -0.15) is 0 Å². The van der Waals surface area contributed by atoms with Gasteiger partial charge in [0.25, 0.3) is 0 Å². The van der Waals surface area contributed by atoms with Crippen molar-refractivity contribution in [2.24, 2.45) is 0 Å². The van der Waals surface area contributed by atoms with E-state index < -0.39 is 0 Å². The zero-order valence-corrected chi connectivity index (χ0v) is 8.72. The lowest BCUT2D eigenvalue weighted by molar-refractivity contribution is 1.31. The van der Waals surface area contributed by atoms with E-state index >= 15 is 0 Å². The molecule has 1 rings (SSSR count). The maximum Gasteiger partial charge on any atom is 0.0251 e. The van der Waals surface area contributed by atoms with Crippen LogP contribution in [-0.4, -0.2) is 0 Å². The first kappa shape index (κ1) is 10.3. The zero-order chi connectivity index (χ0) is 10.7. The number of allylic oxidation sites excluding steroid dienone is 1. The average Bonchev–Trinajstić information content (AvgIpc) is 2.20. The smallest absolute Gasteiger partial charge is 0.0251 e. The number of rotatable bonds is 2. The van der Waals surface area contributed by atoms with Gasteiger partial charge >= 0.3 is 0 Å². The van der Waals surface area contributed by atoms with Crippen molar-refractivity contribution in [3.63, 3.8) is 0 Å². The number of benzene rings is 1. The van der Waals surface area contributed by atoms with Gasteiger partial charge in [0.15, 0.2) is 0 Å². The number of aryl methyl sites for hydroxylation is 1. The summed E-state index contributed by atoms with van der Waals surface area (Å²) in [4.78, 5) is 0. The normalized spacial score (nSPS) is 9.21.